The summed E-state index contributed by atoms with van der Waals surface area (Å²) in [6.07, 6.45) is 4.84. The van der Waals surface area contributed by atoms with Crippen LogP contribution in [0.25, 0.3) is 0 Å². The van der Waals surface area contributed by atoms with Crippen LogP contribution in [0, 0.1) is 0 Å². The van der Waals surface area contributed by atoms with E-state index in [0.29, 0.717) is 6.04 Å². The topological polar surface area (TPSA) is 28.2 Å². The smallest absolute Gasteiger partial charge is 0.0426 e. The number of benzene rings is 1. The molecule has 3 rings (SSSR count). The number of pyridine rings is 1. The highest BCUT2D eigenvalue weighted by molar-refractivity contribution is 6.30. The normalized spacial score (nSPS) is 18.4. The predicted molar refractivity (Wildman–Crippen MR) is 83.1 cm³/mol. The Labute approximate surface area is 124 Å². The van der Waals surface area contributed by atoms with Crippen molar-refractivity contribution in [2.75, 3.05) is 18.0 Å². The van der Waals surface area contributed by atoms with E-state index in [1.165, 1.54) is 11.3 Å². The van der Waals surface area contributed by atoms with Gasteiger partial charge >= 0.3 is 0 Å². The molecule has 3 nitrogen and oxygen atoms in total. The molecular weight excluding hydrogens is 270 g/mol. The van der Waals surface area contributed by atoms with Crippen molar-refractivity contribution >= 4 is 17.3 Å². The van der Waals surface area contributed by atoms with Gasteiger partial charge in [0.05, 0.1) is 0 Å². The monoisotopic (exact) mass is 287 g/mol. The Morgan fingerprint density at radius 3 is 2.90 bits per heavy atom. The van der Waals surface area contributed by atoms with Crippen molar-refractivity contribution in [2.45, 2.75) is 19.0 Å². The van der Waals surface area contributed by atoms with Gasteiger partial charge in [-0.25, -0.2) is 0 Å². The fourth-order valence-electron chi connectivity index (χ4n) is 2.60. The van der Waals surface area contributed by atoms with Gasteiger partial charge in [-0.3, -0.25) is 4.98 Å². The molecule has 20 heavy (non-hydrogen) atoms. The maximum absolute atomic E-state index is 6.05. The summed E-state index contributed by atoms with van der Waals surface area (Å²) in [5.41, 5.74) is 2.49. The van der Waals surface area contributed by atoms with Gasteiger partial charge in [-0.15, -0.1) is 0 Å². The highest BCUT2D eigenvalue weighted by Crippen LogP contribution is 2.23. The van der Waals surface area contributed by atoms with Crippen molar-refractivity contribution in [3.8, 4) is 0 Å². The molecule has 1 N–H and O–H groups in total. The molecule has 1 aromatic heterocycles. The summed E-state index contributed by atoms with van der Waals surface area (Å²) in [5, 5.41) is 4.41. The Bertz CT molecular complexity index is 559. The van der Waals surface area contributed by atoms with Crippen molar-refractivity contribution in [1.82, 2.24) is 10.3 Å². The maximum atomic E-state index is 6.05. The minimum Gasteiger partial charge on any atom is -0.370 e. The second-order valence-corrected chi connectivity index (χ2v) is 5.58. The average molecular weight is 288 g/mol. The molecule has 0 unspecified atom stereocenters. The Morgan fingerprint density at radius 1 is 1.25 bits per heavy atom. The lowest BCUT2D eigenvalue weighted by atomic mass is 10.2. The zero-order chi connectivity index (χ0) is 13.8. The first-order chi connectivity index (χ1) is 9.81. The van der Waals surface area contributed by atoms with Crippen LogP contribution in [0.4, 0.5) is 5.69 Å². The van der Waals surface area contributed by atoms with Crippen LogP contribution in [0.15, 0.2) is 48.8 Å². The van der Waals surface area contributed by atoms with Crippen molar-refractivity contribution < 1.29 is 0 Å². The third-order valence-corrected chi connectivity index (χ3v) is 3.94. The Morgan fingerprint density at radius 2 is 2.10 bits per heavy atom. The largest absolute Gasteiger partial charge is 0.370 e. The molecule has 1 aliphatic rings. The van der Waals surface area contributed by atoms with Crippen LogP contribution in [0.3, 0.4) is 0 Å². The third kappa shape index (κ3) is 3.30. The van der Waals surface area contributed by atoms with E-state index in [0.717, 1.165) is 31.1 Å². The number of nitrogens with zero attached hydrogens (tertiary/aromatic N) is 2. The van der Waals surface area contributed by atoms with E-state index >= 15 is 0 Å². The van der Waals surface area contributed by atoms with Gasteiger partial charge < -0.3 is 10.2 Å². The van der Waals surface area contributed by atoms with Gasteiger partial charge in [-0.2, -0.15) is 0 Å². The van der Waals surface area contributed by atoms with Crippen LogP contribution in [0.5, 0.6) is 0 Å². The van der Waals surface area contributed by atoms with Gasteiger partial charge in [0.15, 0.2) is 0 Å². The van der Waals surface area contributed by atoms with E-state index in [1.54, 1.807) is 0 Å². The zero-order valence-corrected chi connectivity index (χ0v) is 12.1. The number of nitrogens with one attached hydrogen (secondary N) is 1. The first-order valence-corrected chi connectivity index (χ1v) is 7.32. The molecule has 1 atom stereocenters. The average Bonchev–Trinajstić information content (AvgIpc) is 2.95. The number of rotatable bonds is 4. The molecule has 0 aliphatic carbocycles. The van der Waals surface area contributed by atoms with E-state index in [-0.39, 0.29) is 0 Å². The van der Waals surface area contributed by atoms with Gasteiger partial charge in [0.25, 0.3) is 0 Å². The van der Waals surface area contributed by atoms with Crippen LogP contribution in [-0.2, 0) is 6.54 Å². The molecule has 0 amide bonds. The fourth-order valence-corrected chi connectivity index (χ4v) is 2.78. The van der Waals surface area contributed by atoms with Crippen molar-refractivity contribution in [3.05, 3.63) is 59.4 Å². The summed E-state index contributed by atoms with van der Waals surface area (Å²) in [6.45, 7) is 3.01. The van der Waals surface area contributed by atoms with E-state index < -0.39 is 0 Å². The summed E-state index contributed by atoms with van der Waals surface area (Å²) in [6, 6.07) is 12.7. The van der Waals surface area contributed by atoms with Crippen LogP contribution < -0.4 is 10.2 Å². The molecule has 2 aromatic rings. The molecule has 0 saturated carbocycles. The van der Waals surface area contributed by atoms with Gasteiger partial charge in [0, 0.05) is 48.8 Å². The molecule has 1 aliphatic heterocycles. The third-order valence-electron chi connectivity index (χ3n) is 3.71. The van der Waals surface area contributed by atoms with Crippen LogP contribution >= 0.6 is 11.6 Å². The van der Waals surface area contributed by atoms with Crippen LogP contribution in [-0.4, -0.2) is 24.1 Å². The van der Waals surface area contributed by atoms with Crippen molar-refractivity contribution in [1.29, 1.82) is 0 Å². The number of hydrogen-bond acceptors (Lipinski definition) is 3. The zero-order valence-electron chi connectivity index (χ0n) is 11.3. The second kappa shape index (κ2) is 6.25. The minimum absolute atomic E-state index is 0.530. The number of aromatic nitrogens is 1. The molecule has 0 radical (unpaired) electrons. The van der Waals surface area contributed by atoms with Gasteiger partial charge in [0.2, 0.25) is 0 Å². The fraction of sp³-hybridized carbons (Fsp3) is 0.312. The van der Waals surface area contributed by atoms with Crippen molar-refractivity contribution in [3.63, 3.8) is 0 Å². The molecule has 1 fully saturated rings. The first-order valence-electron chi connectivity index (χ1n) is 6.94. The summed E-state index contributed by atoms with van der Waals surface area (Å²) >= 11 is 6.05. The SMILES string of the molecule is Clc1cccc(N2CC[C@H](NCc3ccncc3)C2)c1. The second-order valence-electron chi connectivity index (χ2n) is 5.15. The van der Waals surface area contributed by atoms with Gasteiger partial charge in [0.1, 0.15) is 0 Å². The Hall–Kier alpha value is -1.58. The predicted octanol–water partition coefficient (Wildman–Crippen LogP) is 3.10. The highest BCUT2D eigenvalue weighted by atomic mass is 35.5. The molecule has 0 spiro atoms. The molecule has 2 heterocycles. The summed E-state index contributed by atoms with van der Waals surface area (Å²) in [7, 11) is 0. The molecule has 1 saturated heterocycles. The molecular formula is C16H18ClN3. The number of halogens is 1. The molecule has 1 aromatic carbocycles. The van der Waals surface area contributed by atoms with E-state index in [1.807, 2.05) is 30.6 Å². The van der Waals surface area contributed by atoms with Gasteiger partial charge in [-0.1, -0.05) is 17.7 Å². The summed E-state index contributed by atoms with van der Waals surface area (Å²) < 4.78 is 0. The number of hydrogen-bond donors (Lipinski definition) is 1. The quantitative estimate of drug-likeness (QED) is 0.936. The lowest BCUT2D eigenvalue weighted by Crippen LogP contribution is -2.32. The number of anilines is 1. The lowest BCUT2D eigenvalue weighted by Gasteiger charge is -2.19. The molecule has 0 bridgehead atoms. The van der Waals surface area contributed by atoms with Gasteiger partial charge in [-0.05, 0) is 42.3 Å². The van der Waals surface area contributed by atoms with Crippen LogP contribution in [0.2, 0.25) is 5.02 Å². The summed E-state index contributed by atoms with van der Waals surface area (Å²) in [4.78, 5) is 6.42. The Balaban J connectivity index is 1.55. The van der Waals surface area contributed by atoms with E-state index in [9.17, 15) is 0 Å². The van der Waals surface area contributed by atoms with Crippen LogP contribution in [0.1, 0.15) is 12.0 Å². The standard InChI is InChI=1S/C16H18ClN3/c17-14-2-1-3-16(10-14)20-9-6-15(12-20)19-11-13-4-7-18-8-5-13/h1-5,7-8,10,15,19H,6,9,11-12H2/t15-/m0/s1. The van der Waals surface area contributed by atoms with E-state index in [4.69, 9.17) is 11.6 Å². The maximum Gasteiger partial charge on any atom is 0.0426 e. The first kappa shape index (κ1) is 13.4. The lowest BCUT2D eigenvalue weighted by molar-refractivity contribution is 0.551. The highest BCUT2D eigenvalue weighted by Gasteiger charge is 2.22. The molecule has 104 valence electrons. The molecule has 4 heteroatoms. The van der Waals surface area contributed by atoms with Crippen molar-refractivity contribution in [2.24, 2.45) is 0 Å². The summed E-state index contributed by atoms with van der Waals surface area (Å²) in [5.74, 6) is 0. The van der Waals surface area contributed by atoms with E-state index in [2.05, 4.69) is 33.4 Å². The minimum atomic E-state index is 0.530. The Kier molecular flexibility index (Phi) is 4.19.